The molecule has 1 atom stereocenters. The van der Waals surface area contributed by atoms with Crippen molar-refractivity contribution in [1.82, 2.24) is 0 Å². The van der Waals surface area contributed by atoms with Crippen LogP contribution in [-0.4, -0.2) is 37.2 Å². The minimum absolute atomic E-state index is 0.0797. The van der Waals surface area contributed by atoms with Gasteiger partial charge in [-0.15, -0.1) is 0 Å². The highest BCUT2D eigenvalue weighted by atomic mass is 16.6. The Kier molecular flexibility index (Phi) is 66.2. The lowest BCUT2D eigenvalue weighted by Crippen LogP contribution is -2.30. The molecule has 0 rings (SSSR count). The van der Waals surface area contributed by atoms with Crippen molar-refractivity contribution in [3.8, 4) is 0 Å². The molecular weight excluding hydrogens is 997 g/mol. The first-order valence-electron chi connectivity index (χ1n) is 35.1. The largest absolute Gasteiger partial charge is 0.462 e. The SMILES string of the molecule is CC/C=C\C/C=C\C/C=C\C/C=C\CCCCCCCCCCCCC(=O)OCC(COC(=O)CCCCCCCCCCCCCCCCCCCCC)OC(=O)CCCCCCCC/C=C\C/C=C\C/C=C\CCCCCCC. The van der Waals surface area contributed by atoms with Gasteiger partial charge in [-0.05, 0) is 96.3 Å². The van der Waals surface area contributed by atoms with E-state index in [0.29, 0.717) is 19.3 Å². The van der Waals surface area contributed by atoms with Gasteiger partial charge in [-0.25, -0.2) is 0 Å². The van der Waals surface area contributed by atoms with Crippen LogP contribution in [0.25, 0.3) is 0 Å². The fraction of sp³-hybridized carbons (Fsp3) is 0.773. The number of ether oxygens (including phenoxy) is 3. The van der Waals surface area contributed by atoms with Crippen molar-refractivity contribution in [3.63, 3.8) is 0 Å². The minimum atomic E-state index is -0.787. The maximum atomic E-state index is 13.0. The van der Waals surface area contributed by atoms with Crippen LogP contribution in [0.3, 0.4) is 0 Å². The molecule has 0 aliphatic rings. The molecule has 6 nitrogen and oxygen atoms in total. The fourth-order valence-corrected chi connectivity index (χ4v) is 10.2. The number of carbonyl (C=O) groups is 3. The van der Waals surface area contributed by atoms with Crippen LogP contribution in [0.4, 0.5) is 0 Å². The van der Waals surface area contributed by atoms with Crippen molar-refractivity contribution in [2.45, 2.75) is 361 Å². The lowest BCUT2D eigenvalue weighted by molar-refractivity contribution is -0.167. The summed E-state index contributed by atoms with van der Waals surface area (Å²) in [4.78, 5) is 38.5. The summed E-state index contributed by atoms with van der Waals surface area (Å²) >= 11 is 0. The number of unbranched alkanes of at least 4 members (excludes halogenated alkanes) is 39. The summed E-state index contributed by atoms with van der Waals surface area (Å²) < 4.78 is 17.0. The van der Waals surface area contributed by atoms with E-state index in [1.807, 2.05) is 0 Å². The van der Waals surface area contributed by atoms with E-state index in [-0.39, 0.29) is 31.1 Å². The molecule has 0 spiro atoms. The highest BCUT2D eigenvalue weighted by molar-refractivity contribution is 5.71. The molecule has 0 fully saturated rings. The van der Waals surface area contributed by atoms with Crippen LogP contribution < -0.4 is 0 Å². The van der Waals surface area contributed by atoms with Gasteiger partial charge in [-0.1, -0.05) is 324 Å². The van der Waals surface area contributed by atoms with Crippen molar-refractivity contribution in [1.29, 1.82) is 0 Å². The molecule has 0 heterocycles. The third kappa shape index (κ3) is 67.3. The third-order valence-corrected chi connectivity index (χ3v) is 15.4. The van der Waals surface area contributed by atoms with Crippen LogP contribution in [0.1, 0.15) is 355 Å². The zero-order valence-electron chi connectivity index (χ0n) is 53.8. The molecule has 81 heavy (non-hydrogen) atoms. The quantitative estimate of drug-likeness (QED) is 0.0261. The predicted octanol–water partition coefficient (Wildman–Crippen LogP) is 24.2. The highest BCUT2D eigenvalue weighted by Crippen LogP contribution is 2.17. The molecule has 0 amide bonds. The molecule has 0 bridgehead atoms. The van der Waals surface area contributed by atoms with Gasteiger partial charge in [0.1, 0.15) is 13.2 Å². The van der Waals surface area contributed by atoms with Gasteiger partial charge in [0.05, 0.1) is 0 Å². The third-order valence-electron chi connectivity index (χ3n) is 15.4. The normalized spacial score (nSPS) is 12.6. The maximum absolute atomic E-state index is 13.0. The van der Waals surface area contributed by atoms with E-state index in [1.54, 1.807) is 0 Å². The predicted molar refractivity (Wildman–Crippen MR) is 353 cm³/mol. The number of carbonyl (C=O) groups excluding carboxylic acids is 3. The van der Waals surface area contributed by atoms with Crippen molar-refractivity contribution < 1.29 is 28.6 Å². The average molecular weight is 1130 g/mol. The smallest absolute Gasteiger partial charge is 0.306 e. The van der Waals surface area contributed by atoms with E-state index < -0.39 is 6.10 Å². The molecule has 0 aliphatic heterocycles. The van der Waals surface area contributed by atoms with Gasteiger partial charge in [0.15, 0.2) is 6.10 Å². The number of rotatable bonds is 64. The second kappa shape index (κ2) is 69.1. The zero-order valence-corrected chi connectivity index (χ0v) is 53.8. The number of hydrogen-bond donors (Lipinski definition) is 0. The summed E-state index contributed by atoms with van der Waals surface area (Å²) in [5.74, 6) is -0.877. The Morgan fingerprint density at radius 2 is 0.481 bits per heavy atom. The summed E-state index contributed by atoms with van der Waals surface area (Å²) in [7, 11) is 0. The molecule has 6 heteroatoms. The first-order chi connectivity index (χ1) is 40.0. The number of esters is 3. The Hall–Kier alpha value is -3.41. The van der Waals surface area contributed by atoms with E-state index in [9.17, 15) is 14.4 Å². The second-order valence-corrected chi connectivity index (χ2v) is 23.4. The molecule has 468 valence electrons. The number of hydrogen-bond acceptors (Lipinski definition) is 6. The second-order valence-electron chi connectivity index (χ2n) is 23.4. The molecule has 1 unspecified atom stereocenters. The average Bonchev–Trinajstić information content (AvgIpc) is 3.47. The summed E-state index contributed by atoms with van der Waals surface area (Å²) in [5.41, 5.74) is 0. The van der Waals surface area contributed by atoms with E-state index in [4.69, 9.17) is 14.2 Å². The van der Waals surface area contributed by atoms with E-state index in [1.165, 1.54) is 205 Å². The van der Waals surface area contributed by atoms with Crippen molar-refractivity contribution in [2.24, 2.45) is 0 Å². The Morgan fingerprint density at radius 3 is 0.753 bits per heavy atom. The van der Waals surface area contributed by atoms with Gasteiger partial charge >= 0.3 is 17.9 Å². The standard InChI is InChI=1S/C75H132O6/c1-4-7-10-13-16-19-22-25-28-31-34-36-37-39-41-44-47-50-53-56-59-62-65-68-74(77)80-71-72(70-79-73(76)67-64-61-58-55-52-49-46-43-40-33-30-27-24-21-18-15-12-9-6-3)81-75(78)69-66-63-60-57-54-51-48-45-42-38-35-32-29-26-23-20-17-14-11-8-5-2/h7,10,16,19,23,25-26,28,32,34-36,42,45,72H,4-6,8-9,11-15,17-18,20-22,24,27,29-31,33,37-41,43-44,46-71H2,1-3H3/b10-7-,19-16-,26-23-,28-25-,35-32-,36-34-,45-42-. The fourth-order valence-electron chi connectivity index (χ4n) is 10.2. The Bertz CT molecular complexity index is 1530. The maximum Gasteiger partial charge on any atom is 0.306 e. The molecule has 0 saturated carbocycles. The zero-order chi connectivity index (χ0) is 58.5. The van der Waals surface area contributed by atoms with Crippen LogP contribution >= 0.6 is 0 Å². The molecule has 0 saturated heterocycles. The van der Waals surface area contributed by atoms with Crippen molar-refractivity contribution in [3.05, 3.63) is 85.1 Å². The van der Waals surface area contributed by atoms with Gasteiger partial charge in [-0.3, -0.25) is 14.4 Å². The van der Waals surface area contributed by atoms with Crippen LogP contribution in [0.2, 0.25) is 0 Å². The Balaban J connectivity index is 4.39. The summed E-state index contributed by atoms with van der Waals surface area (Å²) in [6.07, 6.45) is 91.7. The van der Waals surface area contributed by atoms with Gasteiger partial charge in [0.2, 0.25) is 0 Å². The van der Waals surface area contributed by atoms with Gasteiger partial charge in [0.25, 0.3) is 0 Å². The van der Waals surface area contributed by atoms with Crippen LogP contribution in [-0.2, 0) is 28.6 Å². The van der Waals surface area contributed by atoms with E-state index in [2.05, 4.69) is 106 Å². The molecule has 0 aliphatic carbocycles. The van der Waals surface area contributed by atoms with Gasteiger partial charge in [0, 0.05) is 19.3 Å². The lowest BCUT2D eigenvalue weighted by Gasteiger charge is -2.18. The van der Waals surface area contributed by atoms with Gasteiger partial charge < -0.3 is 14.2 Å². The lowest BCUT2D eigenvalue weighted by atomic mass is 10.0. The summed E-state index contributed by atoms with van der Waals surface area (Å²) in [5, 5.41) is 0. The van der Waals surface area contributed by atoms with Crippen LogP contribution in [0.5, 0.6) is 0 Å². The molecular formula is C75H132O6. The molecule has 0 aromatic heterocycles. The topological polar surface area (TPSA) is 78.9 Å². The molecule has 0 radical (unpaired) electrons. The Morgan fingerprint density at radius 1 is 0.259 bits per heavy atom. The van der Waals surface area contributed by atoms with Crippen LogP contribution in [0.15, 0.2) is 85.1 Å². The Labute approximate surface area is 503 Å². The van der Waals surface area contributed by atoms with Crippen LogP contribution in [0, 0.1) is 0 Å². The highest BCUT2D eigenvalue weighted by Gasteiger charge is 2.19. The monoisotopic (exact) mass is 1130 g/mol. The molecule has 0 aromatic rings. The first kappa shape index (κ1) is 77.6. The molecule has 0 aromatic carbocycles. The summed E-state index contributed by atoms with van der Waals surface area (Å²) in [6.45, 7) is 6.56. The summed E-state index contributed by atoms with van der Waals surface area (Å²) in [6, 6.07) is 0. The van der Waals surface area contributed by atoms with Crippen molar-refractivity contribution in [2.75, 3.05) is 13.2 Å². The number of allylic oxidation sites excluding steroid dienone is 14. The minimum Gasteiger partial charge on any atom is -0.462 e. The molecule has 0 N–H and O–H groups in total. The van der Waals surface area contributed by atoms with Gasteiger partial charge in [-0.2, -0.15) is 0 Å². The van der Waals surface area contributed by atoms with E-state index >= 15 is 0 Å². The van der Waals surface area contributed by atoms with Crippen molar-refractivity contribution >= 4 is 17.9 Å². The van der Waals surface area contributed by atoms with E-state index in [0.717, 1.165) is 109 Å². The first-order valence-corrected chi connectivity index (χ1v) is 35.1.